The standard InChI is InChI=1S/C10H20N2O2/c1-8(2)9(4-7-13)12-6-3-5-11-10(12)14/h8-9,13H,3-7H2,1-2H3,(H,11,14). The second-order valence-electron chi connectivity index (χ2n) is 4.10. The van der Waals surface area contributed by atoms with Gasteiger partial charge in [0.05, 0.1) is 0 Å². The number of carbonyl (C=O) groups excluding carboxylic acids is 1. The molecule has 1 rings (SSSR count). The number of urea groups is 1. The van der Waals surface area contributed by atoms with Gasteiger partial charge in [-0.1, -0.05) is 13.8 Å². The van der Waals surface area contributed by atoms with E-state index in [1.807, 2.05) is 4.90 Å². The first kappa shape index (κ1) is 11.3. The first-order valence-corrected chi connectivity index (χ1v) is 5.32. The van der Waals surface area contributed by atoms with E-state index in [1.165, 1.54) is 0 Å². The number of rotatable bonds is 4. The lowest BCUT2D eigenvalue weighted by Crippen LogP contribution is -2.53. The van der Waals surface area contributed by atoms with E-state index in [9.17, 15) is 4.79 Å². The van der Waals surface area contributed by atoms with Crippen LogP contribution in [0.25, 0.3) is 0 Å². The molecule has 0 saturated carbocycles. The second kappa shape index (κ2) is 5.20. The molecule has 1 aliphatic heterocycles. The van der Waals surface area contributed by atoms with Gasteiger partial charge in [-0.15, -0.1) is 0 Å². The third-order valence-corrected chi connectivity index (χ3v) is 2.71. The highest BCUT2D eigenvalue weighted by Gasteiger charge is 2.27. The maximum absolute atomic E-state index is 11.5. The van der Waals surface area contributed by atoms with Crippen molar-refractivity contribution in [2.24, 2.45) is 5.92 Å². The van der Waals surface area contributed by atoms with E-state index in [4.69, 9.17) is 5.11 Å². The molecule has 0 radical (unpaired) electrons. The zero-order valence-electron chi connectivity index (χ0n) is 8.99. The summed E-state index contributed by atoms with van der Waals surface area (Å²) in [5.41, 5.74) is 0. The molecule has 1 aliphatic rings. The first-order valence-electron chi connectivity index (χ1n) is 5.32. The van der Waals surface area contributed by atoms with E-state index in [0.29, 0.717) is 12.3 Å². The van der Waals surface area contributed by atoms with Crippen LogP contribution in [0.2, 0.25) is 0 Å². The van der Waals surface area contributed by atoms with Crippen molar-refractivity contribution in [1.29, 1.82) is 0 Å². The maximum atomic E-state index is 11.5. The van der Waals surface area contributed by atoms with Crippen LogP contribution in [-0.4, -0.2) is 41.8 Å². The number of nitrogens with zero attached hydrogens (tertiary/aromatic N) is 1. The molecular formula is C10H20N2O2. The average molecular weight is 200 g/mol. The molecule has 0 bridgehead atoms. The highest BCUT2D eigenvalue weighted by Crippen LogP contribution is 2.16. The number of hydrogen-bond donors (Lipinski definition) is 2. The van der Waals surface area contributed by atoms with E-state index >= 15 is 0 Å². The molecule has 1 saturated heterocycles. The van der Waals surface area contributed by atoms with E-state index in [2.05, 4.69) is 19.2 Å². The zero-order chi connectivity index (χ0) is 10.6. The van der Waals surface area contributed by atoms with Crippen molar-refractivity contribution in [2.75, 3.05) is 19.7 Å². The van der Waals surface area contributed by atoms with Crippen LogP contribution in [0.15, 0.2) is 0 Å². The molecule has 0 aromatic heterocycles. The molecule has 1 atom stereocenters. The van der Waals surface area contributed by atoms with Gasteiger partial charge < -0.3 is 15.3 Å². The Labute approximate surface area is 85.3 Å². The van der Waals surface area contributed by atoms with Crippen LogP contribution in [0, 0.1) is 5.92 Å². The van der Waals surface area contributed by atoms with Crippen LogP contribution in [0.1, 0.15) is 26.7 Å². The summed E-state index contributed by atoms with van der Waals surface area (Å²) in [6.45, 7) is 5.91. The summed E-state index contributed by atoms with van der Waals surface area (Å²) in [7, 11) is 0. The SMILES string of the molecule is CC(C)C(CCO)N1CCCNC1=O. The van der Waals surface area contributed by atoms with Gasteiger partial charge in [0.1, 0.15) is 0 Å². The van der Waals surface area contributed by atoms with Gasteiger partial charge in [-0.3, -0.25) is 0 Å². The smallest absolute Gasteiger partial charge is 0.317 e. The van der Waals surface area contributed by atoms with Crippen LogP contribution < -0.4 is 5.32 Å². The number of aliphatic hydroxyl groups excluding tert-OH is 1. The molecule has 0 aliphatic carbocycles. The van der Waals surface area contributed by atoms with Gasteiger partial charge >= 0.3 is 6.03 Å². The Bertz CT molecular complexity index is 195. The van der Waals surface area contributed by atoms with E-state index in [1.54, 1.807) is 0 Å². The molecular weight excluding hydrogens is 180 g/mol. The Morgan fingerprint density at radius 1 is 1.57 bits per heavy atom. The summed E-state index contributed by atoms with van der Waals surface area (Å²) in [4.78, 5) is 13.4. The summed E-state index contributed by atoms with van der Waals surface area (Å²) in [5.74, 6) is 0.394. The van der Waals surface area contributed by atoms with Gasteiger partial charge in [0, 0.05) is 25.7 Å². The molecule has 1 unspecified atom stereocenters. The largest absolute Gasteiger partial charge is 0.396 e. The molecule has 0 spiro atoms. The molecule has 1 heterocycles. The van der Waals surface area contributed by atoms with Crippen molar-refractivity contribution < 1.29 is 9.90 Å². The number of aliphatic hydroxyl groups is 1. The highest BCUT2D eigenvalue weighted by molar-refractivity contribution is 5.75. The fourth-order valence-electron chi connectivity index (χ4n) is 1.95. The Morgan fingerprint density at radius 3 is 2.79 bits per heavy atom. The van der Waals surface area contributed by atoms with Crippen LogP contribution >= 0.6 is 0 Å². The minimum absolute atomic E-state index is 0.0170. The monoisotopic (exact) mass is 200 g/mol. The Morgan fingerprint density at radius 2 is 2.29 bits per heavy atom. The average Bonchev–Trinajstić information content (AvgIpc) is 2.15. The molecule has 2 amide bonds. The molecule has 4 nitrogen and oxygen atoms in total. The second-order valence-corrected chi connectivity index (χ2v) is 4.10. The topological polar surface area (TPSA) is 52.6 Å². The summed E-state index contributed by atoms with van der Waals surface area (Å²) in [6, 6.07) is 0.184. The molecule has 14 heavy (non-hydrogen) atoms. The van der Waals surface area contributed by atoms with Crippen LogP contribution in [0.5, 0.6) is 0 Å². The number of nitrogens with one attached hydrogen (secondary N) is 1. The Hall–Kier alpha value is -0.770. The molecule has 4 heteroatoms. The lowest BCUT2D eigenvalue weighted by atomic mass is 9.99. The summed E-state index contributed by atoms with van der Waals surface area (Å²) in [6.07, 6.45) is 1.67. The van der Waals surface area contributed by atoms with Crippen LogP contribution in [-0.2, 0) is 0 Å². The van der Waals surface area contributed by atoms with E-state index < -0.39 is 0 Å². The highest BCUT2D eigenvalue weighted by atomic mass is 16.3. The van der Waals surface area contributed by atoms with Crippen molar-refractivity contribution in [3.8, 4) is 0 Å². The first-order chi connectivity index (χ1) is 6.66. The lowest BCUT2D eigenvalue weighted by molar-refractivity contribution is 0.122. The van der Waals surface area contributed by atoms with Crippen molar-refractivity contribution in [2.45, 2.75) is 32.7 Å². The van der Waals surface area contributed by atoms with Gasteiger partial charge in [0.2, 0.25) is 0 Å². The summed E-state index contributed by atoms with van der Waals surface area (Å²) < 4.78 is 0. The predicted molar refractivity (Wildman–Crippen MR) is 55.1 cm³/mol. The Kier molecular flexibility index (Phi) is 4.20. The van der Waals surface area contributed by atoms with Crippen molar-refractivity contribution in [1.82, 2.24) is 10.2 Å². The maximum Gasteiger partial charge on any atom is 0.317 e. The van der Waals surface area contributed by atoms with Gasteiger partial charge in [-0.2, -0.15) is 0 Å². The molecule has 2 N–H and O–H groups in total. The molecule has 0 aromatic rings. The molecule has 1 fully saturated rings. The van der Waals surface area contributed by atoms with Crippen LogP contribution in [0.4, 0.5) is 4.79 Å². The van der Waals surface area contributed by atoms with Gasteiger partial charge in [-0.05, 0) is 18.8 Å². The van der Waals surface area contributed by atoms with E-state index in [-0.39, 0.29) is 18.7 Å². The third-order valence-electron chi connectivity index (χ3n) is 2.71. The van der Waals surface area contributed by atoms with E-state index in [0.717, 1.165) is 19.5 Å². The normalized spacial score (nSPS) is 19.7. The number of amides is 2. The minimum Gasteiger partial charge on any atom is -0.396 e. The summed E-state index contributed by atoms with van der Waals surface area (Å²) >= 11 is 0. The minimum atomic E-state index is 0.0170. The van der Waals surface area contributed by atoms with Gasteiger partial charge in [0.25, 0.3) is 0 Å². The van der Waals surface area contributed by atoms with Crippen molar-refractivity contribution >= 4 is 6.03 Å². The predicted octanol–water partition coefficient (Wildman–Crippen LogP) is 0.809. The van der Waals surface area contributed by atoms with Crippen molar-refractivity contribution in [3.05, 3.63) is 0 Å². The zero-order valence-corrected chi connectivity index (χ0v) is 8.99. The van der Waals surface area contributed by atoms with Gasteiger partial charge in [-0.25, -0.2) is 4.79 Å². The molecule has 82 valence electrons. The van der Waals surface area contributed by atoms with Gasteiger partial charge in [0.15, 0.2) is 0 Å². The van der Waals surface area contributed by atoms with Crippen LogP contribution in [0.3, 0.4) is 0 Å². The Balaban J connectivity index is 2.60. The van der Waals surface area contributed by atoms with Crippen molar-refractivity contribution in [3.63, 3.8) is 0 Å². The fraction of sp³-hybridized carbons (Fsp3) is 0.900. The number of carbonyl (C=O) groups is 1. The third kappa shape index (κ3) is 2.61. The quantitative estimate of drug-likeness (QED) is 0.705. The number of hydrogen-bond acceptors (Lipinski definition) is 2. The fourth-order valence-corrected chi connectivity index (χ4v) is 1.95. The summed E-state index contributed by atoms with van der Waals surface area (Å²) in [5, 5.41) is 11.8. The lowest BCUT2D eigenvalue weighted by Gasteiger charge is -2.36. The molecule has 0 aromatic carbocycles.